The van der Waals surface area contributed by atoms with Crippen LogP contribution in [0.5, 0.6) is 0 Å². The van der Waals surface area contributed by atoms with E-state index >= 15 is 0 Å². The molecule has 2 aromatic rings. The molecule has 0 unspecified atom stereocenters. The van der Waals surface area contributed by atoms with E-state index in [1.165, 1.54) is 18.3 Å². The topological polar surface area (TPSA) is 88.2 Å². The van der Waals surface area contributed by atoms with Crippen LogP contribution >= 0.6 is 0 Å². The van der Waals surface area contributed by atoms with Crippen molar-refractivity contribution in [1.29, 1.82) is 0 Å². The van der Waals surface area contributed by atoms with E-state index in [1.54, 1.807) is 19.1 Å². The molecule has 0 atom stereocenters. The molecule has 98 valence electrons. The van der Waals surface area contributed by atoms with Crippen molar-refractivity contribution in [2.24, 2.45) is 0 Å². The summed E-state index contributed by atoms with van der Waals surface area (Å²) < 4.78 is 13.8. The molecular weight excluding hydrogens is 249 g/mol. The molecule has 0 saturated heterocycles. The van der Waals surface area contributed by atoms with Gasteiger partial charge in [-0.25, -0.2) is 14.2 Å². The highest BCUT2D eigenvalue weighted by Crippen LogP contribution is 2.26. The molecule has 0 spiro atoms. The lowest BCUT2D eigenvalue weighted by Gasteiger charge is -2.11. The summed E-state index contributed by atoms with van der Waals surface area (Å²) in [4.78, 5) is 14.9. The van der Waals surface area contributed by atoms with Gasteiger partial charge in [-0.15, -0.1) is 0 Å². The summed E-state index contributed by atoms with van der Waals surface area (Å²) >= 11 is 0. The Hall–Kier alpha value is -2.63. The van der Waals surface area contributed by atoms with E-state index in [0.717, 1.165) is 0 Å². The number of carbonyl (C=O) groups is 1. The van der Waals surface area contributed by atoms with Crippen molar-refractivity contribution < 1.29 is 14.3 Å². The lowest BCUT2D eigenvalue weighted by molar-refractivity contribution is 0.0698. The second kappa shape index (κ2) is 4.93. The summed E-state index contributed by atoms with van der Waals surface area (Å²) in [6.07, 6.45) is 1.30. The zero-order valence-corrected chi connectivity index (χ0v) is 10.1. The zero-order valence-electron chi connectivity index (χ0n) is 10.1. The summed E-state index contributed by atoms with van der Waals surface area (Å²) in [6, 6.07) is 6.12. The number of hydrogen-bond donors (Lipinski definition) is 3. The molecule has 1 heterocycles. The maximum Gasteiger partial charge on any atom is 0.337 e. The van der Waals surface area contributed by atoms with E-state index in [2.05, 4.69) is 10.3 Å². The van der Waals surface area contributed by atoms with Crippen LogP contribution in [0.3, 0.4) is 0 Å². The number of carboxylic acids is 1. The summed E-state index contributed by atoms with van der Waals surface area (Å²) in [6.45, 7) is 1.63. The third kappa shape index (κ3) is 2.47. The highest BCUT2D eigenvalue weighted by atomic mass is 19.1. The van der Waals surface area contributed by atoms with Gasteiger partial charge in [-0.2, -0.15) is 0 Å². The lowest BCUT2D eigenvalue weighted by Crippen LogP contribution is -2.07. The second-order valence-corrected chi connectivity index (χ2v) is 3.99. The third-order valence-electron chi connectivity index (χ3n) is 2.67. The maximum absolute atomic E-state index is 13.8. The third-order valence-corrected chi connectivity index (χ3v) is 2.67. The number of aromatic carboxylic acids is 1. The van der Waals surface area contributed by atoms with Crippen molar-refractivity contribution in [2.75, 3.05) is 11.1 Å². The SMILES string of the molecule is Cc1cccc(Nc2nccc(C(=O)O)c2N)c1F. The number of aromatic nitrogens is 1. The molecule has 19 heavy (non-hydrogen) atoms. The number of nitrogens with one attached hydrogen (secondary N) is 1. The average Bonchev–Trinajstić information content (AvgIpc) is 2.37. The van der Waals surface area contributed by atoms with Crippen molar-refractivity contribution >= 4 is 23.2 Å². The van der Waals surface area contributed by atoms with Crippen molar-refractivity contribution in [3.8, 4) is 0 Å². The molecule has 1 aromatic heterocycles. The fourth-order valence-corrected chi connectivity index (χ4v) is 1.63. The van der Waals surface area contributed by atoms with Gasteiger partial charge in [0, 0.05) is 6.20 Å². The van der Waals surface area contributed by atoms with E-state index in [4.69, 9.17) is 10.8 Å². The number of nitrogens with zero attached hydrogens (tertiary/aromatic N) is 1. The van der Waals surface area contributed by atoms with Crippen LogP contribution in [-0.4, -0.2) is 16.1 Å². The van der Waals surface area contributed by atoms with Gasteiger partial charge in [0.1, 0.15) is 5.82 Å². The van der Waals surface area contributed by atoms with Gasteiger partial charge in [-0.3, -0.25) is 0 Å². The molecule has 0 bridgehead atoms. The van der Waals surface area contributed by atoms with Gasteiger partial charge < -0.3 is 16.2 Å². The fraction of sp³-hybridized carbons (Fsp3) is 0.0769. The van der Waals surface area contributed by atoms with Crippen LogP contribution in [0.1, 0.15) is 15.9 Å². The first-order chi connectivity index (χ1) is 9.00. The van der Waals surface area contributed by atoms with E-state index in [0.29, 0.717) is 5.56 Å². The van der Waals surface area contributed by atoms with Crippen molar-refractivity contribution in [1.82, 2.24) is 4.98 Å². The Bertz CT molecular complexity index is 644. The minimum atomic E-state index is -1.16. The number of hydrogen-bond acceptors (Lipinski definition) is 4. The first-order valence-corrected chi connectivity index (χ1v) is 5.50. The average molecular weight is 261 g/mol. The molecule has 2 rings (SSSR count). The molecule has 0 aliphatic heterocycles. The van der Waals surface area contributed by atoms with Crippen LogP contribution in [0.25, 0.3) is 0 Å². The first kappa shape index (κ1) is 12.8. The highest BCUT2D eigenvalue weighted by molar-refractivity contribution is 5.96. The minimum absolute atomic E-state index is 0.0316. The van der Waals surface area contributed by atoms with Crippen LogP contribution in [0, 0.1) is 12.7 Å². The van der Waals surface area contributed by atoms with Crippen molar-refractivity contribution in [3.05, 3.63) is 47.4 Å². The van der Waals surface area contributed by atoms with Gasteiger partial charge >= 0.3 is 5.97 Å². The summed E-state index contributed by atoms with van der Waals surface area (Å²) in [7, 11) is 0. The second-order valence-electron chi connectivity index (χ2n) is 3.99. The number of pyridine rings is 1. The van der Waals surface area contributed by atoms with Crippen molar-refractivity contribution in [3.63, 3.8) is 0 Å². The molecule has 0 aliphatic carbocycles. The van der Waals surface area contributed by atoms with Crippen LogP contribution in [0.15, 0.2) is 30.5 Å². The Morgan fingerprint density at radius 3 is 2.84 bits per heavy atom. The Labute approximate surface area is 108 Å². The Morgan fingerprint density at radius 1 is 1.42 bits per heavy atom. The number of nitrogen functional groups attached to an aromatic ring is 1. The van der Waals surface area contributed by atoms with Gasteiger partial charge in [0.2, 0.25) is 0 Å². The Kier molecular flexibility index (Phi) is 3.33. The van der Waals surface area contributed by atoms with Crippen LogP contribution in [0.4, 0.5) is 21.6 Å². The number of nitrogens with two attached hydrogens (primary N) is 1. The van der Waals surface area contributed by atoms with Crippen molar-refractivity contribution in [2.45, 2.75) is 6.92 Å². The van der Waals surface area contributed by atoms with E-state index < -0.39 is 11.8 Å². The van der Waals surface area contributed by atoms with Crippen LogP contribution in [0.2, 0.25) is 0 Å². The highest BCUT2D eigenvalue weighted by Gasteiger charge is 2.13. The number of rotatable bonds is 3. The standard InChI is InChI=1S/C13H12FN3O2/c1-7-3-2-4-9(10(7)14)17-12-11(15)8(13(18)19)5-6-16-12/h2-6H,15H2,1H3,(H,16,17)(H,18,19). The monoisotopic (exact) mass is 261 g/mol. The minimum Gasteiger partial charge on any atom is -0.478 e. The largest absolute Gasteiger partial charge is 0.478 e. The summed E-state index contributed by atoms with van der Waals surface area (Å²) in [5.74, 6) is -1.47. The van der Waals surface area contributed by atoms with Gasteiger partial charge in [-0.05, 0) is 24.6 Å². The van der Waals surface area contributed by atoms with Gasteiger partial charge in [-0.1, -0.05) is 12.1 Å². The number of halogens is 1. The number of carboxylic acid groups (broad SMARTS) is 1. The zero-order chi connectivity index (χ0) is 14.0. The molecule has 5 nitrogen and oxygen atoms in total. The lowest BCUT2D eigenvalue weighted by atomic mass is 10.2. The summed E-state index contributed by atoms with van der Waals surface area (Å²) in [5.41, 5.74) is 6.25. The van der Waals surface area contributed by atoms with Crippen LogP contribution < -0.4 is 11.1 Å². The molecule has 4 N–H and O–H groups in total. The molecular formula is C13H12FN3O2. The number of aryl methyl sites for hydroxylation is 1. The van der Waals surface area contributed by atoms with E-state index in [1.807, 2.05) is 0 Å². The van der Waals surface area contributed by atoms with Gasteiger partial charge in [0.05, 0.1) is 16.9 Å². The van der Waals surface area contributed by atoms with Gasteiger partial charge in [0.15, 0.2) is 5.82 Å². The molecule has 0 amide bonds. The molecule has 0 aliphatic rings. The number of anilines is 3. The van der Waals surface area contributed by atoms with E-state index in [9.17, 15) is 9.18 Å². The quantitative estimate of drug-likeness (QED) is 0.790. The smallest absolute Gasteiger partial charge is 0.337 e. The predicted octanol–water partition coefficient (Wildman–Crippen LogP) is 2.55. The number of benzene rings is 1. The molecule has 1 aromatic carbocycles. The Morgan fingerprint density at radius 2 is 2.16 bits per heavy atom. The molecule has 0 radical (unpaired) electrons. The molecule has 0 saturated carbocycles. The summed E-state index contributed by atoms with van der Waals surface area (Å²) in [5, 5.41) is 11.6. The predicted molar refractivity (Wildman–Crippen MR) is 70.0 cm³/mol. The molecule has 0 fully saturated rings. The Balaban J connectivity index is 2.42. The normalized spacial score (nSPS) is 10.2. The van der Waals surface area contributed by atoms with Crippen LogP contribution in [-0.2, 0) is 0 Å². The first-order valence-electron chi connectivity index (χ1n) is 5.50. The van der Waals surface area contributed by atoms with Gasteiger partial charge in [0.25, 0.3) is 0 Å². The molecule has 6 heteroatoms. The fourth-order valence-electron chi connectivity index (χ4n) is 1.63. The maximum atomic E-state index is 13.8. The van der Waals surface area contributed by atoms with E-state index in [-0.39, 0.29) is 22.8 Å².